The van der Waals surface area contributed by atoms with Crippen LogP contribution in [0.25, 0.3) is 0 Å². The van der Waals surface area contributed by atoms with Gasteiger partial charge in [0, 0.05) is 44.1 Å². The predicted molar refractivity (Wildman–Crippen MR) is 262 cm³/mol. The quantitative estimate of drug-likeness (QED) is 0.146. The van der Waals surface area contributed by atoms with Crippen molar-refractivity contribution in [2.45, 2.75) is 183 Å². The number of nitrogens with two attached hydrogens (primary N) is 2. The number of carbonyl (C=O) groups is 3. The van der Waals surface area contributed by atoms with Gasteiger partial charge in [-0.1, -0.05) is 98.9 Å². The molecular weight excluding hydrogens is 943 g/mol. The van der Waals surface area contributed by atoms with Crippen LogP contribution in [-0.4, -0.2) is 186 Å². The van der Waals surface area contributed by atoms with Gasteiger partial charge in [-0.3, -0.25) is 14.4 Å². The molecule has 0 spiro atoms. The third-order valence-corrected chi connectivity index (χ3v) is 13.1. The molecule has 0 aromatic carbocycles. The highest BCUT2D eigenvalue weighted by molar-refractivity contribution is 5.82. The van der Waals surface area contributed by atoms with Gasteiger partial charge in [-0.05, 0) is 33.1 Å². The minimum atomic E-state index is -2.33. The van der Waals surface area contributed by atoms with Crippen molar-refractivity contribution in [2.24, 2.45) is 29.2 Å². The summed E-state index contributed by atoms with van der Waals surface area (Å²) in [6, 6.07) is -2.48. The number of cyclic esters (lactones) is 1. The smallest absolute Gasteiger partial charge is 0.313 e. The van der Waals surface area contributed by atoms with Crippen molar-refractivity contribution in [3.8, 4) is 0 Å². The van der Waals surface area contributed by atoms with Gasteiger partial charge in [-0.2, -0.15) is 0 Å². The Morgan fingerprint density at radius 1 is 0.722 bits per heavy atom. The number of allylic oxidation sites excluding steroid dienone is 12. The molecule has 3 aliphatic heterocycles. The molecule has 3 heterocycles. The van der Waals surface area contributed by atoms with E-state index in [2.05, 4.69) is 5.32 Å². The van der Waals surface area contributed by atoms with Gasteiger partial charge in [0.05, 0.1) is 86.7 Å². The van der Waals surface area contributed by atoms with E-state index in [-0.39, 0.29) is 38.1 Å². The fraction of sp³-hybridized carbons (Fsp3) is 0.667. The van der Waals surface area contributed by atoms with Gasteiger partial charge in [0.2, 0.25) is 5.91 Å². The van der Waals surface area contributed by atoms with E-state index in [0.29, 0.717) is 0 Å². The van der Waals surface area contributed by atoms with E-state index in [1.807, 2.05) is 13.0 Å². The number of carbonyl (C=O) groups excluding carboxylic acids is 3. The minimum Gasteiger partial charge on any atom is -0.469 e. The number of rotatable bonds is 6. The van der Waals surface area contributed by atoms with Gasteiger partial charge in [-0.25, -0.2) is 0 Å². The van der Waals surface area contributed by atoms with Crippen LogP contribution in [0.3, 0.4) is 0 Å². The Kier molecular flexibility index (Phi) is 26.8. The summed E-state index contributed by atoms with van der Waals surface area (Å²) in [6.07, 6.45) is 2.67. The van der Waals surface area contributed by atoms with E-state index in [9.17, 15) is 65.4 Å². The summed E-state index contributed by atoms with van der Waals surface area (Å²) in [7, 11) is 1.09. The first-order chi connectivity index (χ1) is 34.0. The Morgan fingerprint density at radius 2 is 1.31 bits per heavy atom. The molecule has 0 aromatic heterocycles. The molecule has 3 rings (SSSR count). The van der Waals surface area contributed by atoms with Crippen molar-refractivity contribution in [3.63, 3.8) is 0 Å². The summed E-state index contributed by atoms with van der Waals surface area (Å²) in [5, 5.41) is 113. The lowest BCUT2D eigenvalue weighted by atomic mass is 9.82. The monoisotopic (exact) mass is 1020 g/mol. The number of fused-ring (bicyclic) bond motifs is 2. The predicted octanol–water partition coefficient (Wildman–Crippen LogP) is -0.756. The second-order valence-corrected chi connectivity index (χ2v) is 19.1. The Balaban J connectivity index is 1.94. The normalized spacial score (nSPS) is 42.5. The van der Waals surface area contributed by atoms with Crippen LogP contribution < -0.4 is 16.8 Å². The molecule has 21 heteroatoms. The summed E-state index contributed by atoms with van der Waals surface area (Å²) >= 11 is 0. The number of hydrogen-bond donors (Lipinski definition) is 13. The minimum absolute atomic E-state index is 0.117. The average molecular weight is 1020 g/mol. The van der Waals surface area contributed by atoms with Gasteiger partial charge in [0.15, 0.2) is 12.1 Å². The molecule has 20 atom stereocenters. The number of amides is 1. The highest BCUT2D eigenvalue weighted by Gasteiger charge is 2.51. The van der Waals surface area contributed by atoms with E-state index in [1.165, 1.54) is 13.0 Å². The zero-order valence-corrected chi connectivity index (χ0v) is 41.8. The lowest BCUT2D eigenvalue weighted by Crippen LogP contribution is -2.65. The molecular formula is C51H81N3O18. The first-order valence-corrected chi connectivity index (χ1v) is 24.6. The standard InChI is InChI=1S/C51H81N3O18/c1-29-18-16-14-12-10-8-6-7-9-11-13-15-17-19-36(71-50-47(64)44(46(63)32(4)70-50)54-48(65)37(53)28-52)25-41-43(49(66)68-5)40(60)27-51(67,72-41)26-35(57)23-39(59)38(58)21-20-33(55)22-34(56)24-42(61)69-31(3)30(2)45(29)62/h6-19,29-41,43-47,50,55-60,62-64,67H,20-28,52-53H2,1-5H3,(H,54,65)/b7-6+,10-8+,11-9+,14-12+,15-13+,18-16+,19-17+/t29-,30-,31-,32+,33+,34+,35-,36-,37?,38+,39+,40-,41-,43+,44-,45+,46+,47-,50-,51+/m0/s1. The Hall–Kier alpha value is -4.01. The summed E-state index contributed by atoms with van der Waals surface area (Å²) < 4.78 is 28.6. The number of aliphatic hydroxyl groups is 10. The SMILES string of the molecule is COC(=O)[C@H]1[C@@H]2C[C@@H](O[C@@H]3O[C@H](C)[C@@H](O)[C@H](NC(=O)C(N)CN)[C@@H]3O)/C=C/C=C/C=C/C=C/C=C/C=C/C=C/[C@H](C)[C@@H](O)[C@@H](C)[C@H](C)OC(=O)C[C@H](O)C[C@H](O)CC[C@@H](O)[C@H](O)C[C@H](O)C[C@](O)(C[C@@H]1O)O2. The fourth-order valence-electron chi connectivity index (χ4n) is 8.61. The maximum atomic E-state index is 13.2. The van der Waals surface area contributed by atoms with Crippen LogP contribution in [0.15, 0.2) is 85.1 Å². The molecule has 408 valence electrons. The Bertz CT molecular complexity index is 1880. The molecule has 15 N–H and O–H groups in total. The van der Waals surface area contributed by atoms with E-state index < -0.39 is 159 Å². The van der Waals surface area contributed by atoms with E-state index in [1.54, 1.807) is 86.8 Å². The van der Waals surface area contributed by atoms with Crippen LogP contribution in [0.5, 0.6) is 0 Å². The third kappa shape index (κ3) is 20.4. The van der Waals surface area contributed by atoms with Crippen LogP contribution in [0, 0.1) is 17.8 Å². The summed E-state index contributed by atoms with van der Waals surface area (Å²) in [6.45, 7) is 6.47. The summed E-state index contributed by atoms with van der Waals surface area (Å²) in [4.78, 5) is 38.6. The maximum absolute atomic E-state index is 13.2. The zero-order valence-electron chi connectivity index (χ0n) is 41.8. The summed E-state index contributed by atoms with van der Waals surface area (Å²) in [5.41, 5.74) is 11.3. The Labute approximate surface area is 421 Å². The molecule has 1 amide bonds. The van der Waals surface area contributed by atoms with Crippen LogP contribution in [0.2, 0.25) is 0 Å². The van der Waals surface area contributed by atoms with Gasteiger partial charge in [0.25, 0.3) is 0 Å². The molecule has 0 saturated carbocycles. The van der Waals surface area contributed by atoms with Gasteiger partial charge < -0.3 is 91.5 Å². The van der Waals surface area contributed by atoms with E-state index in [0.717, 1.165) is 7.11 Å². The van der Waals surface area contributed by atoms with Gasteiger partial charge in [-0.15, -0.1) is 0 Å². The van der Waals surface area contributed by atoms with Crippen LogP contribution >= 0.6 is 0 Å². The van der Waals surface area contributed by atoms with Gasteiger partial charge in [0.1, 0.15) is 24.2 Å². The molecule has 1 unspecified atom stereocenters. The van der Waals surface area contributed by atoms with Crippen LogP contribution in [0.1, 0.15) is 79.1 Å². The fourth-order valence-corrected chi connectivity index (χ4v) is 8.61. The molecule has 21 nitrogen and oxygen atoms in total. The number of ether oxygens (including phenoxy) is 5. The Morgan fingerprint density at radius 3 is 1.89 bits per heavy atom. The molecule has 0 aromatic rings. The molecule has 3 aliphatic rings. The maximum Gasteiger partial charge on any atom is 0.313 e. The molecule has 72 heavy (non-hydrogen) atoms. The van der Waals surface area contributed by atoms with Crippen molar-refractivity contribution < 1.29 is 89.1 Å². The average Bonchev–Trinajstić information content (AvgIpc) is 3.31. The van der Waals surface area contributed by atoms with Crippen molar-refractivity contribution >= 4 is 17.8 Å². The number of esters is 2. The lowest BCUT2D eigenvalue weighted by Gasteiger charge is -2.46. The molecule has 2 fully saturated rings. The highest BCUT2D eigenvalue weighted by Crippen LogP contribution is 2.38. The zero-order chi connectivity index (χ0) is 53.7. The molecule has 0 radical (unpaired) electrons. The van der Waals surface area contributed by atoms with Crippen molar-refractivity contribution in [1.82, 2.24) is 5.32 Å². The first kappa shape index (κ1) is 62.3. The van der Waals surface area contributed by atoms with Crippen molar-refractivity contribution in [2.75, 3.05) is 13.7 Å². The molecule has 0 aliphatic carbocycles. The number of nitrogens with one attached hydrogen (secondary N) is 1. The first-order valence-electron chi connectivity index (χ1n) is 24.6. The van der Waals surface area contributed by atoms with Crippen LogP contribution in [-0.2, 0) is 38.1 Å². The lowest BCUT2D eigenvalue weighted by molar-refractivity contribution is -0.309. The number of aliphatic hydroxyl groups excluding tert-OH is 9. The second kappa shape index (κ2) is 31.0. The largest absolute Gasteiger partial charge is 0.469 e. The highest BCUT2D eigenvalue weighted by atomic mass is 16.7. The molecule has 2 saturated heterocycles. The van der Waals surface area contributed by atoms with Crippen LogP contribution in [0.4, 0.5) is 0 Å². The second-order valence-electron chi connectivity index (χ2n) is 19.1. The number of methoxy groups -OCH3 is 1. The van der Waals surface area contributed by atoms with E-state index >= 15 is 0 Å². The van der Waals surface area contributed by atoms with Crippen molar-refractivity contribution in [1.29, 1.82) is 0 Å². The van der Waals surface area contributed by atoms with Crippen molar-refractivity contribution in [3.05, 3.63) is 85.1 Å². The van der Waals surface area contributed by atoms with E-state index in [4.69, 9.17) is 35.2 Å². The summed E-state index contributed by atoms with van der Waals surface area (Å²) in [5.74, 6) is -6.90. The third-order valence-electron chi connectivity index (χ3n) is 13.1. The number of hydrogen-bond acceptors (Lipinski definition) is 20. The molecule has 2 bridgehead atoms. The topological polar surface area (TPSA) is 364 Å². The van der Waals surface area contributed by atoms with Gasteiger partial charge >= 0.3 is 11.9 Å².